The van der Waals surface area contributed by atoms with Crippen LogP contribution in [0, 0.1) is 0 Å². The third-order valence-electron chi connectivity index (χ3n) is 1.75. The molecule has 0 aliphatic rings. The number of aromatic nitrogens is 1. The van der Waals surface area contributed by atoms with Crippen molar-refractivity contribution < 1.29 is 22.7 Å². The largest absolute Gasteiger partial charge is 0.480 e. The highest BCUT2D eigenvalue weighted by Crippen LogP contribution is 2.31. The summed E-state index contributed by atoms with van der Waals surface area (Å²) in [6.45, 7) is 1.15. The maximum absolute atomic E-state index is 12.3. The van der Waals surface area contributed by atoms with Crippen LogP contribution in [0.4, 0.5) is 13.2 Å². The van der Waals surface area contributed by atoms with Gasteiger partial charge < -0.3 is 4.74 Å². The lowest BCUT2D eigenvalue weighted by molar-refractivity contribution is -0.137. The van der Waals surface area contributed by atoms with Gasteiger partial charge in [0.05, 0.1) is 18.2 Å². The van der Waals surface area contributed by atoms with Gasteiger partial charge in [0.25, 0.3) is 0 Å². The van der Waals surface area contributed by atoms with Gasteiger partial charge in [-0.1, -0.05) is 0 Å². The molecular formula is C9H8F3NO2. The number of halogens is 3. The minimum Gasteiger partial charge on any atom is -0.480 e. The number of hydrogen-bond donors (Lipinski definition) is 0. The summed E-state index contributed by atoms with van der Waals surface area (Å²) in [7, 11) is 1.24. The van der Waals surface area contributed by atoms with Crippen LogP contribution in [0.3, 0.4) is 0 Å². The molecule has 0 fully saturated rings. The maximum Gasteiger partial charge on any atom is 0.417 e. The lowest BCUT2D eigenvalue weighted by atomic mass is 10.1. The Balaban J connectivity index is 3.28. The van der Waals surface area contributed by atoms with Gasteiger partial charge in [0.1, 0.15) is 0 Å². The molecule has 6 heteroatoms. The van der Waals surface area contributed by atoms with Crippen LogP contribution in [0.25, 0.3) is 0 Å². The summed E-state index contributed by atoms with van der Waals surface area (Å²) in [6, 6.07) is 0.730. The Hall–Kier alpha value is -1.59. The second-order valence-corrected chi connectivity index (χ2v) is 2.83. The molecule has 0 aliphatic carbocycles. The molecule has 0 atom stereocenters. The molecule has 0 aliphatic heterocycles. The second kappa shape index (κ2) is 3.88. The number of hydrogen-bond acceptors (Lipinski definition) is 3. The van der Waals surface area contributed by atoms with Crippen LogP contribution in [-0.4, -0.2) is 17.9 Å². The molecule has 0 radical (unpaired) electrons. The van der Waals surface area contributed by atoms with E-state index in [1.165, 1.54) is 7.11 Å². The SMILES string of the molecule is COc1ncc(C(F)(F)F)cc1C(C)=O. The lowest BCUT2D eigenvalue weighted by Crippen LogP contribution is -2.09. The minimum atomic E-state index is -4.51. The average Bonchev–Trinajstić information content (AvgIpc) is 2.15. The first-order valence-electron chi connectivity index (χ1n) is 3.98. The molecule has 3 nitrogen and oxygen atoms in total. The van der Waals surface area contributed by atoms with E-state index in [0.717, 1.165) is 13.0 Å². The molecule has 0 amide bonds. The van der Waals surface area contributed by atoms with Crippen molar-refractivity contribution in [2.75, 3.05) is 7.11 Å². The van der Waals surface area contributed by atoms with E-state index >= 15 is 0 Å². The van der Waals surface area contributed by atoms with Crippen LogP contribution in [0.15, 0.2) is 12.3 Å². The van der Waals surface area contributed by atoms with Crippen LogP contribution in [-0.2, 0) is 6.18 Å². The third kappa shape index (κ3) is 2.45. The van der Waals surface area contributed by atoms with Gasteiger partial charge >= 0.3 is 6.18 Å². The standard InChI is InChI=1S/C9H8F3NO2/c1-5(14)7-3-6(9(10,11)12)4-13-8(7)15-2/h3-4H,1-2H3. The van der Waals surface area contributed by atoms with Crippen LogP contribution < -0.4 is 4.74 Å². The van der Waals surface area contributed by atoms with Gasteiger partial charge in [0.15, 0.2) is 5.78 Å². The number of carbonyl (C=O) groups excluding carboxylic acids is 1. The van der Waals surface area contributed by atoms with E-state index in [1.807, 2.05) is 0 Å². The first-order valence-corrected chi connectivity index (χ1v) is 3.98. The summed E-state index contributed by atoms with van der Waals surface area (Å²) < 4.78 is 41.5. The number of rotatable bonds is 2. The molecule has 1 heterocycles. The molecule has 1 rings (SSSR count). The van der Waals surface area contributed by atoms with E-state index in [9.17, 15) is 18.0 Å². The fraction of sp³-hybridized carbons (Fsp3) is 0.333. The molecule has 1 aromatic rings. The fourth-order valence-corrected chi connectivity index (χ4v) is 1.02. The molecule has 1 aromatic heterocycles. The topological polar surface area (TPSA) is 39.2 Å². The maximum atomic E-state index is 12.3. The number of alkyl halides is 3. The monoisotopic (exact) mass is 219 g/mol. The van der Waals surface area contributed by atoms with E-state index in [1.54, 1.807) is 0 Å². The first-order chi connectivity index (χ1) is 6.86. The quantitative estimate of drug-likeness (QED) is 0.716. The molecule has 82 valence electrons. The smallest absolute Gasteiger partial charge is 0.417 e. The zero-order chi connectivity index (χ0) is 11.6. The molecule has 0 unspecified atom stereocenters. The first kappa shape index (κ1) is 11.5. The van der Waals surface area contributed by atoms with Gasteiger partial charge in [-0.3, -0.25) is 4.79 Å². The normalized spacial score (nSPS) is 11.3. The van der Waals surface area contributed by atoms with Gasteiger partial charge in [-0.05, 0) is 13.0 Å². The summed E-state index contributed by atoms with van der Waals surface area (Å²) in [6.07, 6.45) is -3.88. The van der Waals surface area contributed by atoms with Gasteiger partial charge in [-0.2, -0.15) is 13.2 Å². The highest BCUT2D eigenvalue weighted by molar-refractivity contribution is 5.96. The van der Waals surface area contributed by atoms with Crippen molar-refractivity contribution in [2.45, 2.75) is 13.1 Å². The molecule has 0 spiro atoms. The molecule has 0 N–H and O–H groups in total. The van der Waals surface area contributed by atoms with Crippen molar-refractivity contribution in [1.82, 2.24) is 4.98 Å². The van der Waals surface area contributed by atoms with Crippen molar-refractivity contribution in [3.05, 3.63) is 23.4 Å². The Morgan fingerprint density at radius 3 is 2.47 bits per heavy atom. The van der Waals surface area contributed by atoms with Crippen molar-refractivity contribution in [2.24, 2.45) is 0 Å². The molecule has 0 saturated heterocycles. The van der Waals surface area contributed by atoms with Gasteiger partial charge in [0, 0.05) is 6.20 Å². The zero-order valence-electron chi connectivity index (χ0n) is 8.05. The third-order valence-corrected chi connectivity index (χ3v) is 1.75. The summed E-state index contributed by atoms with van der Waals surface area (Å²) in [5.74, 6) is -0.624. The van der Waals surface area contributed by atoms with Gasteiger partial charge in [0.2, 0.25) is 5.88 Å². The summed E-state index contributed by atoms with van der Waals surface area (Å²) in [5.41, 5.74) is -1.14. The summed E-state index contributed by atoms with van der Waals surface area (Å²) in [5, 5.41) is 0. The predicted molar refractivity (Wildman–Crippen MR) is 45.8 cm³/mol. The summed E-state index contributed by atoms with van der Waals surface area (Å²) >= 11 is 0. The average molecular weight is 219 g/mol. The number of pyridine rings is 1. The van der Waals surface area contributed by atoms with E-state index < -0.39 is 17.5 Å². The Morgan fingerprint density at radius 1 is 1.47 bits per heavy atom. The Kier molecular flexibility index (Phi) is 2.97. The number of carbonyl (C=O) groups is 1. The van der Waals surface area contributed by atoms with Crippen molar-refractivity contribution in [1.29, 1.82) is 0 Å². The van der Waals surface area contributed by atoms with Crippen LogP contribution in [0.5, 0.6) is 5.88 Å². The Morgan fingerprint density at radius 2 is 2.07 bits per heavy atom. The number of ether oxygens (including phenoxy) is 1. The highest BCUT2D eigenvalue weighted by atomic mass is 19.4. The van der Waals surface area contributed by atoms with E-state index in [2.05, 4.69) is 9.72 Å². The van der Waals surface area contributed by atoms with Crippen LogP contribution in [0.1, 0.15) is 22.8 Å². The predicted octanol–water partition coefficient (Wildman–Crippen LogP) is 2.31. The molecule has 0 bridgehead atoms. The van der Waals surface area contributed by atoms with Crippen molar-refractivity contribution in [3.63, 3.8) is 0 Å². The van der Waals surface area contributed by atoms with E-state index in [4.69, 9.17) is 0 Å². The van der Waals surface area contributed by atoms with Crippen LogP contribution >= 0.6 is 0 Å². The lowest BCUT2D eigenvalue weighted by Gasteiger charge is -2.09. The molecule has 0 saturated carbocycles. The summed E-state index contributed by atoms with van der Waals surface area (Å²) in [4.78, 5) is 14.4. The molecular weight excluding hydrogens is 211 g/mol. The van der Waals surface area contributed by atoms with Crippen molar-refractivity contribution in [3.8, 4) is 5.88 Å². The van der Waals surface area contributed by atoms with Crippen LogP contribution in [0.2, 0.25) is 0 Å². The molecule has 0 aromatic carbocycles. The highest BCUT2D eigenvalue weighted by Gasteiger charge is 2.32. The second-order valence-electron chi connectivity index (χ2n) is 2.83. The molecule has 15 heavy (non-hydrogen) atoms. The Bertz CT molecular complexity index is 387. The number of nitrogens with zero attached hydrogens (tertiary/aromatic N) is 1. The minimum absolute atomic E-state index is 0.101. The number of methoxy groups -OCH3 is 1. The Labute approximate surface area is 83.9 Å². The number of ketones is 1. The van der Waals surface area contributed by atoms with E-state index in [0.29, 0.717) is 6.20 Å². The van der Waals surface area contributed by atoms with Crippen molar-refractivity contribution >= 4 is 5.78 Å². The van der Waals surface area contributed by atoms with Gasteiger partial charge in [-0.25, -0.2) is 4.98 Å². The fourth-order valence-electron chi connectivity index (χ4n) is 1.02. The zero-order valence-corrected chi connectivity index (χ0v) is 8.05. The van der Waals surface area contributed by atoms with E-state index in [-0.39, 0.29) is 11.4 Å². The number of Topliss-reactive ketones (excluding diaryl/α,β-unsaturated/α-hetero) is 1. The van der Waals surface area contributed by atoms with Gasteiger partial charge in [-0.15, -0.1) is 0 Å².